The van der Waals surface area contributed by atoms with Crippen molar-refractivity contribution >= 4 is 17.9 Å². The Morgan fingerprint density at radius 2 is 1.81 bits per heavy atom. The van der Waals surface area contributed by atoms with E-state index >= 15 is 0 Å². The Balaban J connectivity index is 4.02. The molecule has 4 N–H and O–H groups in total. The van der Waals surface area contributed by atoms with Crippen molar-refractivity contribution in [3.8, 4) is 0 Å². The van der Waals surface area contributed by atoms with Gasteiger partial charge in [-0.15, -0.1) is 0 Å². The first kappa shape index (κ1) is 19.2. The van der Waals surface area contributed by atoms with E-state index in [1.807, 2.05) is 7.05 Å². The van der Waals surface area contributed by atoms with Gasteiger partial charge in [0, 0.05) is 12.6 Å². The molecular weight excluding hydrogens is 276 g/mol. The lowest BCUT2D eigenvalue weighted by molar-refractivity contribution is -0.137. The van der Waals surface area contributed by atoms with Crippen LogP contribution in [0.15, 0.2) is 0 Å². The number of hydrogen-bond donors (Lipinski definition) is 3. The fourth-order valence-corrected chi connectivity index (χ4v) is 1.60. The van der Waals surface area contributed by atoms with Crippen LogP contribution in [0.1, 0.15) is 26.7 Å². The summed E-state index contributed by atoms with van der Waals surface area (Å²) >= 11 is 0. The van der Waals surface area contributed by atoms with Crippen LogP contribution in [0.4, 0.5) is 4.79 Å². The Hall–Kier alpha value is -1.83. The fourth-order valence-electron chi connectivity index (χ4n) is 1.60. The number of nitrogens with one attached hydrogen (secondary N) is 1. The number of nitrogens with two attached hydrogens (primary N) is 1. The molecule has 8 heteroatoms. The maximum Gasteiger partial charge on any atom is 0.323 e. The molecular formula is C13H26N4O4. The van der Waals surface area contributed by atoms with Crippen molar-refractivity contribution in [2.45, 2.75) is 32.7 Å². The van der Waals surface area contributed by atoms with Crippen LogP contribution in [0, 0.1) is 0 Å². The zero-order valence-corrected chi connectivity index (χ0v) is 13.0. The molecule has 0 aromatic heterocycles. The van der Waals surface area contributed by atoms with Crippen LogP contribution in [0.2, 0.25) is 0 Å². The summed E-state index contributed by atoms with van der Waals surface area (Å²) in [5.41, 5.74) is 4.99. The van der Waals surface area contributed by atoms with E-state index in [2.05, 4.69) is 24.1 Å². The summed E-state index contributed by atoms with van der Waals surface area (Å²) in [4.78, 5) is 36.3. The fraction of sp³-hybridized carbons (Fsp3) is 0.769. The SMILES string of the molecule is CC(C)N(C)CCCCNC(=O)N(CC(N)=O)CC(=O)O. The number of carbonyl (C=O) groups is 3. The average molecular weight is 302 g/mol. The second-order valence-corrected chi connectivity index (χ2v) is 5.23. The summed E-state index contributed by atoms with van der Waals surface area (Å²) in [7, 11) is 2.03. The summed E-state index contributed by atoms with van der Waals surface area (Å²) in [6.07, 6.45) is 1.70. The van der Waals surface area contributed by atoms with Gasteiger partial charge in [0.05, 0.1) is 0 Å². The molecule has 0 radical (unpaired) electrons. The Morgan fingerprint density at radius 1 is 1.19 bits per heavy atom. The summed E-state index contributed by atoms with van der Waals surface area (Å²) in [6, 6.07) is -0.116. The first-order chi connectivity index (χ1) is 9.73. The molecule has 0 aromatic rings. The molecule has 21 heavy (non-hydrogen) atoms. The van der Waals surface area contributed by atoms with Crippen LogP contribution in [-0.4, -0.2) is 72.1 Å². The molecule has 0 atom stereocenters. The van der Waals surface area contributed by atoms with Gasteiger partial charge in [-0.3, -0.25) is 9.59 Å². The van der Waals surface area contributed by atoms with Crippen LogP contribution in [-0.2, 0) is 9.59 Å². The molecule has 0 rings (SSSR count). The third-order valence-corrected chi connectivity index (χ3v) is 3.06. The van der Waals surface area contributed by atoms with Gasteiger partial charge in [-0.1, -0.05) is 0 Å². The van der Waals surface area contributed by atoms with E-state index < -0.39 is 31.0 Å². The monoisotopic (exact) mass is 302 g/mol. The molecule has 0 aliphatic carbocycles. The van der Waals surface area contributed by atoms with Gasteiger partial charge >= 0.3 is 12.0 Å². The molecule has 0 spiro atoms. The van der Waals surface area contributed by atoms with E-state index in [4.69, 9.17) is 10.8 Å². The quantitative estimate of drug-likeness (QED) is 0.479. The lowest BCUT2D eigenvalue weighted by Crippen LogP contribution is -2.46. The summed E-state index contributed by atoms with van der Waals surface area (Å²) < 4.78 is 0. The molecule has 0 aliphatic rings. The van der Waals surface area contributed by atoms with Crippen LogP contribution in [0.3, 0.4) is 0 Å². The summed E-state index contributed by atoms with van der Waals surface area (Å²) in [5, 5.41) is 11.3. The van der Waals surface area contributed by atoms with E-state index in [0.717, 1.165) is 24.3 Å². The van der Waals surface area contributed by atoms with Gasteiger partial charge in [-0.2, -0.15) is 0 Å². The molecule has 0 bridgehead atoms. The van der Waals surface area contributed by atoms with Crippen LogP contribution < -0.4 is 11.1 Å². The smallest absolute Gasteiger partial charge is 0.323 e. The lowest BCUT2D eigenvalue weighted by atomic mass is 10.2. The molecule has 8 nitrogen and oxygen atoms in total. The van der Waals surface area contributed by atoms with Crippen molar-refractivity contribution in [2.24, 2.45) is 5.73 Å². The minimum absolute atomic E-state index is 0.409. The number of unbranched alkanes of at least 4 members (excludes halogenated alkanes) is 1. The number of carboxylic acids is 1. The molecule has 0 heterocycles. The Bertz CT molecular complexity index is 344. The second-order valence-electron chi connectivity index (χ2n) is 5.23. The van der Waals surface area contributed by atoms with E-state index in [9.17, 15) is 14.4 Å². The van der Waals surface area contributed by atoms with Gasteiger partial charge in [0.1, 0.15) is 13.1 Å². The Kier molecular flexibility index (Phi) is 9.11. The third-order valence-electron chi connectivity index (χ3n) is 3.06. The standard InChI is InChI=1S/C13H26N4O4/c1-10(2)16(3)7-5-4-6-15-13(21)17(8-11(14)18)9-12(19)20/h10H,4-9H2,1-3H3,(H2,14,18)(H,15,21)(H,19,20). The molecule has 0 aromatic carbocycles. The lowest BCUT2D eigenvalue weighted by Gasteiger charge is -2.21. The number of carboxylic acid groups (broad SMARTS) is 1. The zero-order valence-electron chi connectivity index (χ0n) is 13.0. The first-order valence-corrected chi connectivity index (χ1v) is 6.97. The van der Waals surface area contributed by atoms with Gasteiger partial charge in [0.25, 0.3) is 0 Å². The molecule has 0 saturated carbocycles. The second kappa shape index (κ2) is 9.98. The molecule has 0 saturated heterocycles. The van der Waals surface area contributed by atoms with Crippen LogP contribution in [0.5, 0.6) is 0 Å². The number of urea groups is 1. The summed E-state index contributed by atoms with van der Waals surface area (Å²) in [5.74, 6) is -1.94. The van der Waals surface area contributed by atoms with Gasteiger partial charge in [0.15, 0.2) is 0 Å². The van der Waals surface area contributed by atoms with Crippen molar-refractivity contribution in [3.05, 3.63) is 0 Å². The number of nitrogens with zero attached hydrogens (tertiary/aromatic N) is 2. The minimum atomic E-state index is -1.19. The van der Waals surface area contributed by atoms with Crippen molar-refractivity contribution in [2.75, 3.05) is 33.2 Å². The zero-order chi connectivity index (χ0) is 16.4. The maximum atomic E-state index is 11.8. The maximum absolute atomic E-state index is 11.8. The highest BCUT2D eigenvalue weighted by Gasteiger charge is 2.18. The molecule has 3 amide bonds. The number of carbonyl (C=O) groups excluding carboxylic acids is 2. The van der Waals surface area contributed by atoms with E-state index in [-0.39, 0.29) is 0 Å². The van der Waals surface area contributed by atoms with E-state index in [0.29, 0.717) is 12.6 Å². The number of aliphatic carboxylic acids is 1. The predicted octanol–water partition coefficient (Wildman–Crippen LogP) is -0.312. The number of rotatable bonds is 10. The molecule has 0 fully saturated rings. The molecule has 0 unspecified atom stereocenters. The molecule has 0 aliphatic heterocycles. The van der Waals surface area contributed by atoms with Crippen molar-refractivity contribution < 1.29 is 19.5 Å². The number of amides is 3. The highest BCUT2D eigenvalue weighted by molar-refractivity contribution is 5.85. The average Bonchev–Trinajstić information content (AvgIpc) is 2.35. The van der Waals surface area contributed by atoms with Gasteiger partial charge in [0.2, 0.25) is 5.91 Å². The van der Waals surface area contributed by atoms with Crippen LogP contribution in [0.25, 0.3) is 0 Å². The van der Waals surface area contributed by atoms with Crippen molar-refractivity contribution in [3.63, 3.8) is 0 Å². The van der Waals surface area contributed by atoms with Crippen molar-refractivity contribution in [1.29, 1.82) is 0 Å². The van der Waals surface area contributed by atoms with E-state index in [1.165, 1.54) is 0 Å². The minimum Gasteiger partial charge on any atom is -0.480 e. The summed E-state index contributed by atoms with van der Waals surface area (Å²) in [6.45, 7) is 4.61. The molecule has 122 valence electrons. The normalized spacial score (nSPS) is 10.7. The highest BCUT2D eigenvalue weighted by atomic mass is 16.4. The van der Waals surface area contributed by atoms with E-state index in [1.54, 1.807) is 0 Å². The third kappa shape index (κ3) is 9.67. The Labute approximate surface area is 125 Å². The Morgan fingerprint density at radius 3 is 2.29 bits per heavy atom. The number of primary amides is 1. The highest BCUT2D eigenvalue weighted by Crippen LogP contribution is 1.98. The van der Waals surface area contributed by atoms with Gasteiger partial charge < -0.3 is 26.0 Å². The first-order valence-electron chi connectivity index (χ1n) is 6.97. The van der Waals surface area contributed by atoms with Gasteiger partial charge in [-0.25, -0.2) is 4.79 Å². The van der Waals surface area contributed by atoms with Gasteiger partial charge in [-0.05, 0) is 40.3 Å². The van der Waals surface area contributed by atoms with Crippen LogP contribution >= 0.6 is 0 Å². The number of hydrogen-bond acceptors (Lipinski definition) is 4. The topological polar surface area (TPSA) is 116 Å². The van der Waals surface area contributed by atoms with Crippen molar-refractivity contribution in [1.82, 2.24) is 15.1 Å². The largest absolute Gasteiger partial charge is 0.480 e. The predicted molar refractivity (Wildman–Crippen MR) is 78.8 cm³/mol.